The van der Waals surface area contributed by atoms with Crippen molar-refractivity contribution in [2.45, 2.75) is 89.2 Å². The summed E-state index contributed by atoms with van der Waals surface area (Å²) in [5.41, 5.74) is 0.306. The maximum absolute atomic E-state index is 12.9. The molecule has 1 atom stereocenters. The summed E-state index contributed by atoms with van der Waals surface area (Å²) in [4.78, 5) is 22.1. The third-order valence-electron chi connectivity index (χ3n) is 5.79. The molecule has 166 valence electrons. The summed E-state index contributed by atoms with van der Waals surface area (Å²) in [5.74, 6) is 1.09. The van der Waals surface area contributed by atoms with Crippen molar-refractivity contribution < 1.29 is 17.9 Å². The second-order valence-electron chi connectivity index (χ2n) is 8.58. The maximum Gasteiger partial charge on any atom is 0.258 e. The van der Waals surface area contributed by atoms with Crippen LogP contribution in [0.25, 0.3) is 0 Å². The van der Waals surface area contributed by atoms with Crippen LogP contribution in [-0.2, 0) is 9.84 Å². The van der Waals surface area contributed by atoms with Gasteiger partial charge in [0.1, 0.15) is 17.5 Å². The first-order valence-corrected chi connectivity index (χ1v) is 13.0. The Morgan fingerprint density at radius 1 is 1.13 bits per heavy atom. The molecule has 1 heterocycles. The molecule has 0 saturated heterocycles. The van der Waals surface area contributed by atoms with Gasteiger partial charge in [0.15, 0.2) is 9.84 Å². The van der Waals surface area contributed by atoms with Crippen LogP contribution in [0.1, 0.15) is 93.2 Å². The van der Waals surface area contributed by atoms with Crippen molar-refractivity contribution in [2.24, 2.45) is 0 Å². The smallest absolute Gasteiger partial charge is 0.258 e. The zero-order valence-corrected chi connectivity index (χ0v) is 18.8. The van der Waals surface area contributed by atoms with Crippen LogP contribution in [0.15, 0.2) is 17.7 Å². The molecule has 1 aromatic heterocycles. The lowest BCUT2D eigenvalue weighted by molar-refractivity contribution is 0.0935. The van der Waals surface area contributed by atoms with E-state index in [2.05, 4.69) is 15.3 Å². The molecule has 0 aromatic carbocycles. The Bertz CT molecular complexity index is 855. The highest BCUT2D eigenvalue weighted by molar-refractivity contribution is 7.93. The second-order valence-corrected chi connectivity index (χ2v) is 10.5. The number of hydrogen-bond acceptors (Lipinski definition) is 6. The molecule has 3 rings (SSSR count). The van der Waals surface area contributed by atoms with Gasteiger partial charge in [0, 0.05) is 29.8 Å². The number of amides is 1. The first kappa shape index (κ1) is 22.7. The molecule has 2 fully saturated rings. The zero-order chi connectivity index (χ0) is 21.6. The van der Waals surface area contributed by atoms with Crippen LogP contribution in [-0.4, -0.2) is 42.7 Å². The third-order valence-corrected chi connectivity index (χ3v) is 6.44. The Morgan fingerprint density at radius 3 is 2.40 bits per heavy atom. The second kappa shape index (κ2) is 10.4. The highest BCUT2D eigenvalue weighted by atomic mass is 32.2. The van der Waals surface area contributed by atoms with Gasteiger partial charge in [-0.2, -0.15) is 4.98 Å². The lowest BCUT2D eigenvalue weighted by Crippen LogP contribution is -2.32. The minimum atomic E-state index is -3.25. The molecule has 30 heavy (non-hydrogen) atoms. The summed E-state index contributed by atoms with van der Waals surface area (Å²) >= 11 is 0. The van der Waals surface area contributed by atoms with Crippen molar-refractivity contribution in [1.82, 2.24) is 15.3 Å². The van der Waals surface area contributed by atoms with Gasteiger partial charge in [-0.1, -0.05) is 31.8 Å². The molecule has 2 saturated carbocycles. The first-order chi connectivity index (χ1) is 14.3. The molecule has 1 aromatic rings. The average molecular weight is 436 g/mol. The number of rotatable bonds is 7. The van der Waals surface area contributed by atoms with Crippen LogP contribution in [0.5, 0.6) is 5.88 Å². The molecular formula is C22H33N3O4S. The van der Waals surface area contributed by atoms with E-state index in [-0.39, 0.29) is 12.0 Å². The van der Waals surface area contributed by atoms with E-state index in [0.29, 0.717) is 17.4 Å². The normalized spacial score (nSPS) is 20.2. The molecule has 7 nitrogen and oxygen atoms in total. The van der Waals surface area contributed by atoms with E-state index in [1.54, 1.807) is 13.1 Å². The van der Waals surface area contributed by atoms with E-state index in [1.807, 2.05) is 0 Å². The topological polar surface area (TPSA) is 98.2 Å². The molecule has 1 amide bonds. The van der Waals surface area contributed by atoms with Gasteiger partial charge in [0.05, 0.1) is 0 Å². The summed E-state index contributed by atoms with van der Waals surface area (Å²) in [7, 11) is -3.25. The van der Waals surface area contributed by atoms with E-state index in [0.717, 1.165) is 56.0 Å². The summed E-state index contributed by atoms with van der Waals surface area (Å²) in [6, 6.07) is -0.451. The number of hydrogen-bond donors (Lipinski definition) is 1. The number of nitrogens with one attached hydrogen (secondary N) is 1. The monoisotopic (exact) mass is 435 g/mol. The Morgan fingerprint density at radius 2 is 1.77 bits per heavy atom. The molecule has 1 N–H and O–H groups in total. The van der Waals surface area contributed by atoms with Gasteiger partial charge in [-0.05, 0) is 45.4 Å². The van der Waals surface area contributed by atoms with E-state index in [1.165, 1.54) is 31.8 Å². The molecular weight excluding hydrogens is 402 g/mol. The minimum absolute atomic E-state index is 0.0629. The number of sulfone groups is 1. The van der Waals surface area contributed by atoms with E-state index < -0.39 is 15.9 Å². The average Bonchev–Trinajstić information content (AvgIpc) is 3.11. The van der Waals surface area contributed by atoms with Gasteiger partial charge in [0.2, 0.25) is 5.88 Å². The quantitative estimate of drug-likeness (QED) is 0.652. The van der Waals surface area contributed by atoms with Crippen LogP contribution in [0.4, 0.5) is 0 Å². The molecule has 0 radical (unpaired) electrons. The van der Waals surface area contributed by atoms with Gasteiger partial charge in [0.25, 0.3) is 5.91 Å². The first-order valence-electron chi connectivity index (χ1n) is 11.0. The lowest BCUT2D eigenvalue weighted by atomic mass is 10.1. The van der Waals surface area contributed by atoms with Crippen LogP contribution < -0.4 is 10.1 Å². The standard InChI is InChI=1S/C22H33N3O4S/c1-16(13-14-30(2,27)28)24-21(26)19-15-23-20(17-9-7-8-10-17)25-22(19)29-18-11-5-3-4-6-12-18/h13-18H,3-12H2,1-2H3,(H,24,26)/b14-13+. The number of aromatic nitrogens is 2. The Labute approximate surface area is 179 Å². The van der Waals surface area contributed by atoms with Crippen molar-refractivity contribution >= 4 is 15.7 Å². The Hall–Kier alpha value is -1.96. The molecule has 0 spiro atoms. The number of nitrogens with zero attached hydrogens (tertiary/aromatic N) is 2. The molecule has 2 aliphatic rings. The molecule has 2 aliphatic carbocycles. The predicted molar refractivity (Wildman–Crippen MR) is 116 cm³/mol. The number of carbonyl (C=O) groups excluding carboxylic acids is 1. The highest BCUT2D eigenvalue weighted by Crippen LogP contribution is 2.33. The van der Waals surface area contributed by atoms with Crippen LogP contribution in [0, 0.1) is 0 Å². The number of ether oxygens (including phenoxy) is 1. The Kier molecular flexibility index (Phi) is 7.86. The van der Waals surface area contributed by atoms with Crippen molar-refractivity contribution in [3.8, 4) is 5.88 Å². The predicted octanol–water partition coefficient (Wildman–Crippen LogP) is 3.91. The van der Waals surface area contributed by atoms with Gasteiger partial charge in [-0.25, -0.2) is 13.4 Å². The summed E-state index contributed by atoms with van der Waals surface area (Å²) in [5, 5.41) is 3.90. The molecule has 0 bridgehead atoms. The number of carbonyl (C=O) groups is 1. The van der Waals surface area contributed by atoms with Crippen molar-refractivity contribution in [3.05, 3.63) is 29.1 Å². The van der Waals surface area contributed by atoms with E-state index >= 15 is 0 Å². The van der Waals surface area contributed by atoms with Crippen molar-refractivity contribution in [1.29, 1.82) is 0 Å². The van der Waals surface area contributed by atoms with Gasteiger partial charge >= 0.3 is 0 Å². The molecule has 8 heteroatoms. The van der Waals surface area contributed by atoms with Crippen LogP contribution in [0.2, 0.25) is 0 Å². The van der Waals surface area contributed by atoms with Crippen molar-refractivity contribution in [2.75, 3.05) is 6.26 Å². The largest absolute Gasteiger partial charge is 0.474 e. The lowest BCUT2D eigenvalue weighted by Gasteiger charge is -2.20. The highest BCUT2D eigenvalue weighted by Gasteiger charge is 2.25. The fourth-order valence-electron chi connectivity index (χ4n) is 4.12. The summed E-state index contributed by atoms with van der Waals surface area (Å²) in [6.45, 7) is 1.72. The third kappa shape index (κ3) is 6.79. The van der Waals surface area contributed by atoms with Gasteiger partial charge in [-0.3, -0.25) is 4.79 Å². The zero-order valence-electron chi connectivity index (χ0n) is 18.0. The fraction of sp³-hybridized carbons (Fsp3) is 0.682. The van der Waals surface area contributed by atoms with E-state index in [9.17, 15) is 13.2 Å². The summed E-state index contributed by atoms with van der Waals surface area (Å²) < 4.78 is 28.9. The molecule has 0 aliphatic heterocycles. The van der Waals surface area contributed by atoms with Crippen LogP contribution >= 0.6 is 0 Å². The minimum Gasteiger partial charge on any atom is -0.474 e. The van der Waals surface area contributed by atoms with Gasteiger partial charge < -0.3 is 10.1 Å². The van der Waals surface area contributed by atoms with Crippen molar-refractivity contribution in [3.63, 3.8) is 0 Å². The molecule has 1 unspecified atom stereocenters. The SMILES string of the molecule is CC(/C=C/S(C)(=O)=O)NC(=O)c1cnc(C2CCCC2)nc1OC1CCCCCC1. The fourth-order valence-corrected chi connectivity index (χ4v) is 4.64. The van der Waals surface area contributed by atoms with Crippen LogP contribution in [0.3, 0.4) is 0 Å². The van der Waals surface area contributed by atoms with E-state index in [4.69, 9.17) is 4.74 Å². The Balaban J connectivity index is 1.80. The maximum atomic E-state index is 12.9. The van der Waals surface area contributed by atoms with Gasteiger partial charge in [-0.15, -0.1) is 0 Å². The summed E-state index contributed by atoms with van der Waals surface area (Å²) in [6.07, 6.45) is 15.3.